The summed E-state index contributed by atoms with van der Waals surface area (Å²) in [6, 6.07) is 14.4. The van der Waals surface area contributed by atoms with E-state index < -0.39 is 0 Å². The van der Waals surface area contributed by atoms with Crippen LogP contribution >= 0.6 is 0 Å². The van der Waals surface area contributed by atoms with Crippen LogP contribution in [0.3, 0.4) is 0 Å². The first kappa shape index (κ1) is 20.6. The number of aromatic nitrogens is 2. The van der Waals surface area contributed by atoms with Crippen LogP contribution in [0.5, 0.6) is 0 Å². The molecule has 3 aromatic rings. The molecule has 2 unspecified atom stereocenters. The van der Waals surface area contributed by atoms with Gasteiger partial charge < -0.3 is 4.90 Å². The summed E-state index contributed by atoms with van der Waals surface area (Å²) < 4.78 is 2.36. The standard InChI is InChI=1S/C26H30N5O2/c1-31(30-24-12-5-4-11-22(24)28-15-25(30)32)14-13-27-23(17-31)19-9-6-10-20-21(19)16-29(26(20)33)18-7-2-3-8-18/h4-6,9-12,15,18,23,27H,2-3,7-8,13-14,16-17H2,1H3/q+1. The average Bonchev–Trinajstić information content (AvgIpc) is 3.47. The number of fused-ring (bicyclic) bond motifs is 2. The van der Waals surface area contributed by atoms with E-state index in [0.29, 0.717) is 17.2 Å². The van der Waals surface area contributed by atoms with Crippen molar-refractivity contribution in [2.75, 3.05) is 26.7 Å². The van der Waals surface area contributed by atoms with Gasteiger partial charge in [-0.1, -0.05) is 37.1 Å². The molecule has 1 saturated carbocycles. The van der Waals surface area contributed by atoms with Crippen molar-refractivity contribution in [3.05, 3.63) is 75.7 Å². The van der Waals surface area contributed by atoms with Crippen LogP contribution < -0.4 is 15.5 Å². The molecule has 2 aromatic carbocycles. The molecular weight excluding hydrogens is 414 g/mol. The monoisotopic (exact) mass is 444 g/mol. The number of quaternary nitrogens is 1. The quantitative estimate of drug-likeness (QED) is 0.631. The topological polar surface area (TPSA) is 67.2 Å². The summed E-state index contributed by atoms with van der Waals surface area (Å²) in [5.74, 6) is 0.183. The van der Waals surface area contributed by atoms with E-state index in [-0.39, 0.29) is 17.5 Å². The maximum Gasteiger partial charge on any atom is 0.315 e. The van der Waals surface area contributed by atoms with Gasteiger partial charge in [-0.3, -0.25) is 14.9 Å². The van der Waals surface area contributed by atoms with Gasteiger partial charge in [0.05, 0.1) is 24.8 Å². The lowest BCUT2D eigenvalue weighted by atomic mass is 9.95. The first-order valence-electron chi connectivity index (χ1n) is 12.0. The average molecular weight is 445 g/mol. The van der Waals surface area contributed by atoms with E-state index >= 15 is 0 Å². The molecule has 1 N–H and O–H groups in total. The van der Waals surface area contributed by atoms with Crippen molar-refractivity contribution in [1.29, 1.82) is 0 Å². The van der Waals surface area contributed by atoms with Gasteiger partial charge in [-0.25, -0.2) is 9.58 Å². The third kappa shape index (κ3) is 3.30. The summed E-state index contributed by atoms with van der Waals surface area (Å²) in [6.45, 7) is 3.01. The first-order chi connectivity index (χ1) is 16.0. The maximum atomic E-state index is 13.2. The van der Waals surface area contributed by atoms with Gasteiger partial charge in [0.25, 0.3) is 5.91 Å². The van der Waals surface area contributed by atoms with Gasteiger partial charge in [0, 0.05) is 24.7 Å². The van der Waals surface area contributed by atoms with Crippen LogP contribution in [0.25, 0.3) is 11.0 Å². The number of rotatable bonds is 3. The summed E-state index contributed by atoms with van der Waals surface area (Å²) in [4.78, 5) is 32.7. The lowest BCUT2D eigenvalue weighted by Gasteiger charge is -2.42. The van der Waals surface area contributed by atoms with E-state index in [4.69, 9.17) is 0 Å². The normalized spacial score (nSPS) is 25.7. The van der Waals surface area contributed by atoms with Crippen LogP contribution in [0.4, 0.5) is 0 Å². The first-order valence-corrected chi connectivity index (χ1v) is 12.0. The second kappa shape index (κ2) is 7.78. The Morgan fingerprint density at radius 3 is 2.73 bits per heavy atom. The molecule has 2 atom stereocenters. The number of nitrogens with zero attached hydrogens (tertiary/aromatic N) is 4. The predicted octanol–water partition coefficient (Wildman–Crippen LogP) is 2.71. The number of para-hydroxylation sites is 2. The van der Waals surface area contributed by atoms with Crippen molar-refractivity contribution in [2.24, 2.45) is 0 Å². The second-order valence-corrected chi connectivity index (χ2v) is 9.89. The van der Waals surface area contributed by atoms with E-state index in [0.717, 1.165) is 54.6 Å². The highest BCUT2D eigenvalue weighted by Crippen LogP contribution is 2.35. The van der Waals surface area contributed by atoms with Crippen LogP contribution in [-0.4, -0.2) is 53.2 Å². The number of piperazine rings is 1. The maximum absolute atomic E-state index is 13.2. The van der Waals surface area contributed by atoms with Crippen molar-refractivity contribution in [3.8, 4) is 0 Å². The van der Waals surface area contributed by atoms with Crippen LogP contribution in [0.2, 0.25) is 0 Å². The van der Waals surface area contributed by atoms with Gasteiger partial charge >= 0.3 is 5.56 Å². The van der Waals surface area contributed by atoms with Gasteiger partial charge in [0.2, 0.25) is 0 Å². The Hall–Kier alpha value is -3.03. The third-order valence-corrected chi connectivity index (χ3v) is 7.85. The molecule has 1 saturated heterocycles. The van der Waals surface area contributed by atoms with Crippen molar-refractivity contribution < 1.29 is 4.79 Å². The van der Waals surface area contributed by atoms with Gasteiger partial charge in [0.1, 0.15) is 18.6 Å². The molecule has 33 heavy (non-hydrogen) atoms. The van der Waals surface area contributed by atoms with Gasteiger partial charge in [-0.05, 0) is 42.2 Å². The summed E-state index contributed by atoms with van der Waals surface area (Å²) in [5.41, 5.74) is 4.80. The number of amides is 1. The molecule has 3 aliphatic rings. The number of carbonyl (C=O) groups is 1. The molecule has 2 aliphatic heterocycles. The zero-order chi connectivity index (χ0) is 22.6. The highest BCUT2D eigenvalue weighted by atomic mass is 16.2. The number of hydrogen-bond acceptors (Lipinski definition) is 4. The molecule has 1 aliphatic carbocycles. The number of hydrogen-bond donors (Lipinski definition) is 1. The Bertz CT molecular complexity index is 1300. The van der Waals surface area contributed by atoms with Crippen molar-refractivity contribution in [2.45, 2.75) is 44.3 Å². The minimum absolute atomic E-state index is 0.0638. The highest BCUT2D eigenvalue weighted by molar-refractivity contribution is 5.99. The number of nitrogens with one attached hydrogen (secondary N) is 1. The molecule has 0 bridgehead atoms. The van der Waals surface area contributed by atoms with E-state index in [1.165, 1.54) is 24.6 Å². The zero-order valence-corrected chi connectivity index (χ0v) is 19.0. The molecule has 0 spiro atoms. The van der Waals surface area contributed by atoms with Crippen LogP contribution in [-0.2, 0) is 6.54 Å². The highest BCUT2D eigenvalue weighted by Gasteiger charge is 2.40. The van der Waals surface area contributed by atoms with Crippen LogP contribution in [0.15, 0.2) is 53.5 Å². The molecule has 1 amide bonds. The molecule has 6 rings (SSSR count). The minimum atomic E-state index is -0.0854. The lowest BCUT2D eigenvalue weighted by Crippen LogP contribution is -2.67. The van der Waals surface area contributed by atoms with Crippen molar-refractivity contribution >= 4 is 16.9 Å². The molecule has 170 valence electrons. The zero-order valence-electron chi connectivity index (χ0n) is 19.0. The largest absolute Gasteiger partial charge is 0.331 e. The summed E-state index contributed by atoms with van der Waals surface area (Å²) in [7, 11) is 2.13. The Balaban J connectivity index is 1.37. The summed E-state index contributed by atoms with van der Waals surface area (Å²) in [5, 5.41) is 3.68. The van der Waals surface area contributed by atoms with Gasteiger partial charge in [-0.2, -0.15) is 0 Å². The fourth-order valence-corrected chi connectivity index (χ4v) is 6.18. The molecule has 7 heteroatoms. The van der Waals surface area contributed by atoms with E-state index in [1.807, 2.05) is 41.1 Å². The lowest BCUT2D eigenvalue weighted by molar-refractivity contribution is 0.0706. The Labute approximate surface area is 193 Å². The molecule has 2 fully saturated rings. The predicted molar refractivity (Wildman–Crippen MR) is 129 cm³/mol. The number of likely N-dealkylation sites (N-methyl/N-ethyl adjacent to an activating group) is 1. The molecule has 0 radical (unpaired) electrons. The van der Waals surface area contributed by atoms with Crippen LogP contribution in [0.1, 0.15) is 53.2 Å². The molecule has 7 nitrogen and oxygen atoms in total. The van der Waals surface area contributed by atoms with Crippen LogP contribution in [0, 0.1) is 0 Å². The Morgan fingerprint density at radius 2 is 1.88 bits per heavy atom. The molecule has 3 heterocycles. The van der Waals surface area contributed by atoms with E-state index in [1.54, 1.807) is 0 Å². The SMILES string of the molecule is C[N+]1(n2c(=O)cnc3ccccc32)CCNC(c2cccc3c2CN(C2CCCC2)C3=O)C1. The fourth-order valence-electron chi connectivity index (χ4n) is 6.18. The Morgan fingerprint density at radius 1 is 1.06 bits per heavy atom. The summed E-state index contributed by atoms with van der Waals surface area (Å²) in [6.07, 6.45) is 6.09. The van der Waals surface area contributed by atoms with E-state index in [2.05, 4.69) is 28.3 Å². The summed E-state index contributed by atoms with van der Waals surface area (Å²) >= 11 is 0. The molecular formula is C26H30N5O2+. The van der Waals surface area contributed by atoms with Crippen molar-refractivity contribution in [1.82, 2.24) is 24.5 Å². The number of carbonyl (C=O) groups excluding carboxylic acids is 1. The number of benzene rings is 2. The minimum Gasteiger partial charge on any atom is -0.331 e. The Kier molecular flexibility index (Phi) is 4.85. The van der Waals surface area contributed by atoms with Gasteiger partial charge in [-0.15, -0.1) is 4.68 Å². The second-order valence-electron chi connectivity index (χ2n) is 9.89. The van der Waals surface area contributed by atoms with Crippen molar-refractivity contribution in [3.63, 3.8) is 0 Å². The molecule has 1 aromatic heterocycles. The fraction of sp³-hybridized carbons (Fsp3) is 0.423. The third-order valence-electron chi connectivity index (χ3n) is 7.85. The van der Waals surface area contributed by atoms with Gasteiger partial charge in [0.15, 0.2) is 0 Å². The van der Waals surface area contributed by atoms with E-state index in [9.17, 15) is 9.59 Å². The smallest absolute Gasteiger partial charge is 0.315 e.